The van der Waals surface area contributed by atoms with Gasteiger partial charge in [0, 0.05) is 38.3 Å². The number of benzene rings is 11. The molecule has 1 aliphatic rings. The maximum absolute atomic E-state index is 2.47. The first-order chi connectivity index (χ1) is 33.0. The average molecular weight is 853 g/mol. The molecule has 0 bridgehead atoms. The van der Waals surface area contributed by atoms with Crippen LogP contribution in [-0.4, -0.2) is 9.13 Å². The Morgan fingerprint density at radius 2 is 0.672 bits per heavy atom. The predicted octanol–water partition coefficient (Wildman–Crippen LogP) is 17.5. The maximum atomic E-state index is 2.47. The molecule has 0 N–H and O–H groups in total. The van der Waals surface area contributed by atoms with Gasteiger partial charge in [0.25, 0.3) is 0 Å². The van der Waals surface area contributed by atoms with Gasteiger partial charge in [-0.25, -0.2) is 0 Å². The van der Waals surface area contributed by atoms with Gasteiger partial charge in [-0.2, -0.15) is 0 Å². The minimum Gasteiger partial charge on any atom is -0.309 e. The second kappa shape index (κ2) is 14.3. The molecule has 2 heterocycles. The number of aromatic nitrogens is 2. The maximum Gasteiger partial charge on any atom is 0.0541 e. The van der Waals surface area contributed by atoms with Gasteiger partial charge in [0.15, 0.2) is 0 Å². The minimum atomic E-state index is -0.0741. The molecule has 0 saturated heterocycles. The quantitative estimate of drug-likeness (QED) is 0.153. The summed E-state index contributed by atoms with van der Waals surface area (Å²) in [5.41, 5.74) is 20.0. The van der Waals surface area contributed by atoms with Gasteiger partial charge in [-0.1, -0.05) is 178 Å². The second-order valence-corrected chi connectivity index (χ2v) is 18.8. The van der Waals surface area contributed by atoms with Crippen LogP contribution in [0.4, 0.5) is 0 Å². The zero-order valence-corrected chi connectivity index (χ0v) is 37.3. The Morgan fingerprint density at radius 1 is 0.269 bits per heavy atom. The molecular weight excluding hydrogens is 809 g/mol. The summed E-state index contributed by atoms with van der Waals surface area (Å²) in [7, 11) is 0. The van der Waals surface area contributed by atoms with Gasteiger partial charge in [0.1, 0.15) is 0 Å². The van der Waals surface area contributed by atoms with Crippen molar-refractivity contribution in [2.24, 2.45) is 0 Å². The van der Waals surface area contributed by atoms with E-state index < -0.39 is 0 Å². The van der Waals surface area contributed by atoms with Crippen molar-refractivity contribution in [3.8, 4) is 55.9 Å². The third-order valence-electron chi connectivity index (χ3n) is 14.9. The highest BCUT2D eigenvalue weighted by Gasteiger charge is 2.35. The normalized spacial score (nSPS) is 13.0. The molecule has 2 heteroatoms. The van der Waals surface area contributed by atoms with Crippen molar-refractivity contribution >= 4 is 65.2 Å². The van der Waals surface area contributed by atoms with E-state index in [1.165, 1.54) is 126 Å². The van der Waals surface area contributed by atoms with Crippen LogP contribution in [0.5, 0.6) is 0 Å². The van der Waals surface area contributed by atoms with Crippen molar-refractivity contribution in [1.29, 1.82) is 0 Å². The summed E-state index contributed by atoms with van der Waals surface area (Å²) in [5, 5.41) is 10.1. The fraction of sp³-hybridized carbons (Fsp3) is 0.0462. The summed E-state index contributed by atoms with van der Waals surface area (Å²) in [6, 6.07) is 85.6. The molecule has 11 aromatic carbocycles. The molecule has 2 aromatic heterocycles. The predicted molar refractivity (Wildman–Crippen MR) is 284 cm³/mol. The molecule has 2 nitrogen and oxygen atoms in total. The first-order valence-electron chi connectivity index (χ1n) is 23.4. The van der Waals surface area contributed by atoms with Gasteiger partial charge in [-0.3, -0.25) is 0 Å². The Hall–Kier alpha value is -8.46. The van der Waals surface area contributed by atoms with Crippen LogP contribution in [-0.2, 0) is 5.41 Å². The topological polar surface area (TPSA) is 9.86 Å². The number of fused-ring (bicyclic) bond motifs is 11. The molecule has 0 unspecified atom stereocenters. The van der Waals surface area contributed by atoms with Crippen LogP contribution in [0, 0.1) is 0 Å². The molecule has 0 atom stereocenters. The van der Waals surface area contributed by atoms with E-state index >= 15 is 0 Å². The molecule has 0 radical (unpaired) electrons. The number of hydrogen-bond donors (Lipinski definition) is 0. The highest BCUT2D eigenvalue weighted by atomic mass is 15.0. The monoisotopic (exact) mass is 852 g/mol. The number of nitrogens with zero attached hydrogens (tertiary/aromatic N) is 2. The Bertz CT molecular complexity index is 4110. The van der Waals surface area contributed by atoms with Crippen LogP contribution < -0.4 is 0 Å². The summed E-state index contributed by atoms with van der Waals surface area (Å²) in [4.78, 5) is 0. The van der Waals surface area contributed by atoms with Gasteiger partial charge < -0.3 is 9.13 Å². The van der Waals surface area contributed by atoms with E-state index in [1.54, 1.807) is 0 Å². The van der Waals surface area contributed by atoms with E-state index in [0.29, 0.717) is 0 Å². The fourth-order valence-corrected chi connectivity index (χ4v) is 11.8. The van der Waals surface area contributed by atoms with Gasteiger partial charge >= 0.3 is 0 Å². The first kappa shape index (κ1) is 37.9. The molecular formula is C65H44N2. The van der Waals surface area contributed by atoms with Crippen LogP contribution >= 0.6 is 0 Å². The Balaban J connectivity index is 0.883. The molecule has 13 aromatic rings. The van der Waals surface area contributed by atoms with Crippen molar-refractivity contribution < 1.29 is 0 Å². The SMILES string of the molecule is CC1(C)c2ccccc2-c2ccc(-c3c4ccccc4c(-c4ccc(-n5c6ccccc6c6cc(-c7ccc8c(c7)c7ccccc7n8-c7ccccc7)ccc65)cc4)c4ccccc34)cc21. The Morgan fingerprint density at radius 3 is 1.24 bits per heavy atom. The zero-order chi connectivity index (χ0) is 44.4. The smallest absolute Gasteiger partial charge is 0.0541 e. The van der Waals surface area contributed by atoms with Gasteiger partial charge in [-0.05, 0) is 144 Å². The fourth-order valence-electron chi connectivity index (χ4n) is 11.8. The van der Waals surface area contributed by atoms with Crippen molar-refractivity contribution in [3.05, 3.63) is 242 Å². The standard InChI is InChI=1S/C65H44N2/c1-65(2)57-25-13-10-18-47(57)48-35-30-44(40-58(48)65)64-53-23-8-6-21-51(53)63(52-22-7-9-24-54(52)64)41-28-33-46(34-29-41)67-60-27-15-12-20-50(60)56-39-43(32-37-62(56)67)42-31-36-61-55(38-42)49-19-11-14-26-59(49)66(61)45-16-4-3-5-17-45/h3-40H,1-2H3. The molecule has 0 spiro atoms. The lowest BCUT2D eigenvalue weighted by atomic mass is 9.80. The number of para-hydroxylation sites is 3. The molecule has 1 aliphatic carbocycles. The third-order valence-corrected chi connectivity index (χ3v) is 14.9. The lowest BCUT2D eigenvalue weighted by molar-refractivity contribution is 0.660. The molecule has 0 fully saturated rings. The molecule has 67 heavy (non-hydrogen) atoms. The first-order valence-corrected chi connectivity index (χ1v) is 23.4. The zero-order valence-electron chi connectivity index (χ0n) is 37.3. The van der Waals surface area contributed by atoms with E-state index in [-0.39, 0.29) is 5.41 Å². The summed E-state index contributed by atoms with van der Waals surface area (Å²) >= 11 is 0. The van der Waals surface area contributed by atoms with Crippen LogP contribution in [0.2, 0.25) is 0 Å². The molecule has 0 amide bonds. The van der Waals surface area contributed by atoms with E-state index in [9.17, 15) is 0 Å². The van der Waals surface area contributed by atoms with Crippen LogP contribution in [0.3, 0.4) is 0 Å². The number of hydrogen-bond acceptors (Lipinski definition) is 0. The molecule has 314 valence electrons. The second-order valence-electron chi connectivity index (χ2n) is 18.8. The largest absolute Gasteiger partial charge is 0.309 e. The molecule has 14 rings (SSSR count). The molecule has 0 aliphatic heterocycles. The third kappa shape index (κ3) is 5.51. The molecule has 0 saturated carbocycles. The lowest BCUT2D eigenvalue weighted by Crippen LogP contribution is -2.14. The minimum absolute atomic E-state index is 0.0741. The Labute approximate surface area is 389 Å². The van der Waals surface area contributed by atoms with E-state index in [0.717, 1.165) is 5.69 Å². The highest BCUT2D eigenvalue weighted by molar-refractivity contribution is 6.22. The summed E-state index contributed by atoms with van der Waals surface area (Å²) in [5.74, 6) is 0. The Kier molecular flexibility index (Phi) is 8.06. The van der Waals surface area contributed by atoms with Crippen molar-refractivity contribution in [2.45, 2.75) is 19.3 Å². The van der Waals surface area contributed by atoms with Gasteiger partial charge in [-0.15, -0.1) is 0 Å². The van der Waals surface area contributed by atoms with Crippen LogP contribution in [0.25, 0.3) is 121 Å². The van der Waals surface area contributed by atoms with E-state index in [1.807, 2.05) is 0 Å². The van der Waals surface area contributed by atoms with Gasteiger partial charge in [0.05, 0.1) is 22.1 Å². The summed E-state index contributed by atoms with van der Waals surface area (Å²) in [6.45, 7) is 4.74. The van der Waals surface area contributed by atoms with Crippen LogP contribution in [0.15, 0.2) is 231 Å². The van der Waals surface area contributed by atoms with E-state index in [2.05, 4.69) is 254 Å². The van der Waals surface area contributed by atoms with E-state index in [4.69, 9.17) is 0 Å². The summed E-state index contributed by atoms with van der Waals surface area (Å²) < 4.78 is 4.81. The number of rotatable bonds is 5. The van der Waals surface area contributed by atoms with Crippen molar-refractivity contribution in [2.75, 3.05) is 0 Å². The van der Waals surface area contributed by atoms with Gasteiger partial charge in [0.2, 0.25) is 0 Å². The van der Waals surface area contributed by atoms with Crippen LogP contribution in [0.1, 0.15) is 25.0 Å². The van der Waals surface area contributed by atoms with Crippen molar-refractivity contribution in [3.63, 3.8) is 0 Å². The van der Waals surface area contributed by atoms with Crippen molar-refractivity contribution in [1.82, 2.24) is 9.13 Å². The average Bonchev–Trinajstić information content (AvgIpc) is 3.98. The highest BCUT2D eigenvalue weighted by Crippen LogP contribution is 2.51. The lowest BCUT2D eigenvalue weighted by Gasteiger charge is -2.23. The summed E-state index contributed by atoms with van der Waals surface area (Å²) in [6.07, 6.45) is 0.